The van der Waals surface area contributed by atoms with Crippen LogP contribution in [-0.4, -0.2) is 82.7 Å². The smallest absolute Gasteiger partial charge is 0.253 e. The number of carbonyl (C=O) groups is 3. The molecule has 4 heterocycles. The maximum atomic E-state index is 14.3. The number of aliphatic hydroxyl groups is 1. The van der Waals surface area contributed by atoms with Crippen LogP contribution in [0, 0.1) is 11.8 Å². The molecule has 0 aliphatic carbocycles. The van der Waals surface area contributed by atoms with E-state index in [9.17, 15) is 19.5 Å². The van der Waals surface area contributed by atoms with Crippen LogP contribution in [0.4, 0.5) is 5.69 Å². The normalized spacial score (nSPS) is 32.4. The molecular weight excluding hydrogens is 506 g/mol. The number of fused-ring (bicyclic) bond motifs is 2. The van der Waals surface area contributed by atoms with Crippen molar-refractivity contribution in [2.24, 2.45) is 11.8 Å². The van der Waals surface area contributed by atoms with Gasteiger partial charge < -0.3 is 24.5 Å². The second-order valence-corrected chi connectivity index (χ2v) is 11.3. The number of carbonyl (C=O) groups excluding carboxylic acids is 3. The molecule has 0 saturated carbocycles. The van der Waals surface area contributed by atoms with E-state index in [0.717, 1.165) is 12.8 Å². The third kappa shape index (κ3) is 4.27. The van der Waals surface area contributed by atoms with Gasteiger partial charge in [0.05, 0.1) is 17.4 Å². The highest BCUT2D eigenvalue weighted by molar-refractivity contribution is 6.30. The summed E-state index contributed by atoms with van der Waals surface area (Å²) in [5.41, 5.74) is -1.59. The van der Waals surface area contributed by atoms with Crippen LogP contribution in [0.25, 0.3) is 0 Å². The summed E-state index contributed by atoms with van der Waals surface area (Å²) in [6, 6.07) is 6.15. The Morgan fingerprint density at radius 1 is 0.947 bits per heavy atom. The summed E-state index contributed by atoms with van der Waals surface area (Å²) in [5.74, 6) is -2.10. The minimum Gasteiger partial charge on any atom is -0.396 e. The first-order valence-electron chi connectivity index (χ1n) is 13.6. The first-order chi connectivity index (χ1) is 18.3. The lowest BCUT2D eigenvalue weighted by molar-refractivity contribution is -0.148. The molecule has 1 spiro atoms. The fourth-order valence-corrected chi connectivity index (χ4v) is 6.83. The van der Waals surface area contributed by atoms with E-state index in [1.807, 2.05) is 38.2 Å². The van der Waals surface area contributed by atoms with Gasteiger partial charge in [0.2, 0.25) is 11.8 Å². The van der Waals surface area contributed by atoms with E-state index in [-0.39, 0.29) is 24.3 Å². The summed E-state index contributed by atoms with van der Waals surface area (Å²) < 4.78 is 6.83. The quantitative estimate of drug-likeness (QED) is 0.403. The number of unbranched alkanes of at least 4 members (excludes halogenated alkanes) is 2. The van der Waals surface area contributed by atoms with E-state index in [4.69, 9.17) is 16.3 Å². The number of hydrogen-bond donors (Lipinski definition) is 1. The summed E-state index contributed by atoms with van der Waals surface area (Å²) in [5, 5.41) is 9.81. The second kappa shape index (κ2) is 10.5. The highest BCUT2D eigenvalue weighted by Gasteiger charge is 2.74. The number of anilines is 1. The Morgan fingerprint density at radius 2 is 1.68 bits per heavy atom. The number of hydrogen-bond acceptors (Lipinski definition) is 5. The van der Waals surface area contributed by atoms with Crippen molar-refractivity contribution in [2.75, 3.05) is 37.7 Å². The minimum atomic E-state index is -1.26. The number of rotatable bonds is 8. The molecule has 204 valence electrons. The predicted molar refractivity (Wildman–Crippen MR) is 145 cm³/mol. The molecule has 2 saturated heterocycles. The molecule has 9 heteroatoms. The molecule has 8 nitrogen and oxygen atoms in total. The van der Waals surface area contributed by atoms with Crippen LogP contribution in [-0.2, 0) is 19.1 Å². The fourth-order valence-electron chi connectivity index (χ4n) is 6.71. The zero-order chi connectivity index (χ0) is 27.1. The van der Waals surface area contributed by atoms with Crippen LogP contribution in [0.15, 0.2) is 48.6 Å². The van der Waals surface area contributed by atoms with Gasteiger partial charge in [-0.15, -0.1) is 0 Å². The van der Waals surface area contributed by atoms with Gasteiger partial charge in [-0.05, 0) is 56.9 Å². The SMILES string of the molecule is CCCN1CC=C[C@]2(C)O[C@]34C=CCN(c5ccc(Cl)cc5)C(=O)C3N(CCCCCO)C(=O)[C@@H]4[C@@H]2C1=O. The zero-order valence-corrected chi connectivity index (χ0v) is 22.8. The number of aliphatic hydroxyl groups excluding tert-OH is 1. The molecule has 1 aromatic rings. The van der Waals surface area contributed by atoms with Crippen LogP contribution in [0.1, 0.15) is 39.5 Å². The van der Waals surface area contributed by atoms with Crippen molar-refractivity contribution >= 4 is 35.0 Å². The Bertz CT molecular complexity index is 1150. The molecule has 0 radical (unpaired) electrons. The molecule has 5 rings (SSSR count). The number of benzene rings is 1. The van der Waals surface area contributed by atoms with Gasteiger partial charge in [-0.1, -0.05) is 42.8 Å². The van der Waals surface area contributed by atoms with Crippen molar-refractivity contribution in [3.05, 3.63) is 53.6 Å². The van der Waals surface area contributed by atoms with Gasteiger partial charge in [0, 0.05) is 43.5 Å². The maximum Gasteiger partial charge on any atom is 0.253 e. The predicted octanol–water partition coefficient (Wildman–Crippen LogP) is 3.18. The molecule has 2 fully saturated rings. The van der Waals surface area contributed by atoms with Crippen LogP contribution < -0.4 is 4.90 Å². The van der Waals surface area contributed by atoms with Crippen molar-refractivity contribution < 1.29 is 24.2 Å². The van der Waals surface area contributed by atoms with E-state index >= 15 is 0 Å². The molecule has 38 heavy (non-hydrogen) atoms. The van der Waals surface area contributed by atoms with Gasteiger partial charge in [0.1, 0.15) is 11.6 Å². The minimum absolute atomic E-state index is 0.0770. The topological polar surface area (TPSA) is 90.4 Å². The lowest BCUT2D eigenvalue weighted by atomic mass is 9.74. The summed E-state index contributed by atoms with van der Waals surface area (Å²) >= 11 is 6.10. The van der Waals surface area contributed by atoms with Crippen LogP contribution in [0.5, 0.6) is 0 Å². The first-order valence-corrected chi connectivity index (χ1v) is 14.0. The average Bonchev–Trinajstić information content (AvgIpc) is 3.16. The largest absolute Gasteiger partial charge is 0.396 e. The monoisotopic (exact) mass is 541 g/mol. The van der Waals surface area contributed by atoms with Crippen molar-refractivity contribution in [1.29, 1.82) is 0 Å². The highest BCUT2D eigenvalue weighted by atomic mass is 35.5. The molecule has 1 aromatic carbocycles. The summed E-state index contributed by atoms with van der Waals surface area (Å²) in [4.78, 5) is 47.6. The van der Waals surface area contributed by atoms with Crippen molar-refractivity contribution in [1.82, 2.24) is 9.80 Å². The van der Waals surface area contributed by atoms with E-state index in [1.165, 1.54) is 0 Å². The maximum absolute atomic E-state index is 14.3. The second-order valence-electron chi connectivity index (χ2n) is 10.8. The van der Waals surface area contributed by atoms with Gasteiger partial charge in [-0.2, -0.15) is 0 Å². The van der Waals surface area contributed by atoms with Crippen molar-refractivity contribution in [3.63, 3.8) is 0 Å². The van der Waals surface area contributed by atoms with E-state index in [1.54, 1.807) is 39.0 Å². The van der Waals surface area contributed by atoms with Gasteiger partial charge in [0.25, 0.3) is 5.91 Å². The zero-order valence-electron chi connectivity index (χ0n) is 22.0. The highest BCUT2D eigenvalue weighted by Crippen LogP contribution is 2.57. The van der Waals surface area contributed by atoms with Crippen LogP contribution in [0.2, 0.25) is 5.02 Å². The Kier molecular flexibility index (Phi) is 7.42. The molecule has 5 atom stereocenters. The van der Waals surface area contributed by atoms with Gasteiger partial charge in [-0.25, -0.2) is 0 Å². The van der Waals surface area contributed by atoms with E-state index < -0.39 is 29.1 Å². The Hall–Kier alpha value is -2.68. The molecule has 1 N–H and O–H groups in total. The lowest BCUT2D eigenvalue weighted by Gasteiger charge is -2.37. The molecule has 4 aliphatic rings. The third-order valence-corrected chi connectivity index (χ3v) is 8.58. The van der Waals surface area contributed by atoms with Crippen LogP contribution >= 0.6 is 11.6 Å². The molecule has 3 amide bonds. The first kappa shape index (κ1) is 26.9. The molecule has 4 aliphatic heterocycles. The number of likely N-dealkylation sites (tertiary alicyclic amines) is 1. The Morgan fingerprint density at radius 3 is 2.39 bits per heavy atom. The molecular formula is C29H36ClN3O5. The fraction of sp³-hybridized carbons (Fsp3) is 0.552. The molecule has 0 aromatic heterocycles. The lowest BCUT2D eigenvalue weighted by Crippen LogP contribution is -2.56. The van der Waals surface area contributed by atoms with Crippen molar-refractivity contribution in [3.8, 4) is 0 Å². The van der Waals surface area contributed by atoms with E-state index in [2.05, 4.69) is 0 Å². The van der Waals surface area contributed by atoms with Gasteiger partial charge in [0.15, 0.2) is 0 Å². The van der Waals surface area contributed by atoms with Gasteiger partial charge in [-0.3, -0.25) is 14.4 Å². The number of amides is 3. The Balaban J connectivity index is 1.59. The standard InChI is InChI=1S/C29H36ClN3O5/c1-3-15-31-16-7-13-28(2)22(25(31)35)23-26(36)33(17-5-4-6-19-34)24-27(37)32(18-8-14-29(23,24)38-28)21-11-9-20(30)10-12-21/h7-14,22-24,34H,3-6,15-19H2,1-2H3/t22-,23+,24?,28+,29+/m1/s1. The number of nitrogens with zero attached hydrogens (tertiary/aromatic N) is 3. The summed E-state index contributed by atoms with van der Waals surface area (Å²) in [6.07, 6.45) is 10.4. The van der Waals surface area contributed by atoms with Crippen molar-refractivity contribution in [2.45, 2.75) is 56.8 Å². The Labute approximate surface area is 228 Å². The summed E-state index contributed by atoms with van der Waals surface area (Å²) in [7, 11) is 0. The third-order valence-electron chi connectivity index (χ3n) is 8.33. The number of ether oxygens (including phenoxy) is 1. The average molecular weight is 542 g/mol. The summed E-state index contributed by atoms with van der Waals surface area (Å²) in [6.45, 7) is 5.70. The van der Waals surface area contributed by atoms with E-state index in [0.29, 0.717) is 49.7 Å². The van der Waals surface area contributed by atoms with Gasteiger partial charge >= 0.3 is 0 Å². The molecule has 0 bridgehead atoms. The van der Waals surface area contributed by atoms with Crippen LogP contribution in [0.3, 0.4) is 0 Å². The number of halogens is 1. The molecule has 1 unspecified atom stereocenters.